The summed E-state index contributed by atoms with van der Waals surface area (Å²) in [6, 6.07) is 8.03. The zero-order valence-corrected chi connectivity index (χ0v) is 12.5. The second-order valence-electron chi connectivity index (χ2n) is 4.40. The first-order valence-electron chi connectivity index (χ1n) is 6.56. The molecule has 0 unspecified atom stereocenters. The molecule has 0 radical (unpaired) electrons. The van der Waals surface area contributed by atoms with E-state index in [1.807, 2.05) is 18.2 Å². The van der Waals surface area contributed by atoms with Crippen LogP contribution in [-0.2, 0) is 6.54 Å². The Morgan fingerprint density at radius 2 is 2.11 bits per heavy atom. The van der Waals surface area contributed by atoms with Gasteiger partial charge in [-0.1, -0.05) is 19.1 Å². The van der Waals surface area contributed by atoms with E-state index < -0.39 is 0 Å². The fraction of sp³-hybridized carbons (Fsp3) is 0.400. The molecule has 0 aliphatic rings. The topological polar surface area (TPSA) is 34.1 Å². The Morgan fingerprint density at radius 1 is 1.32 bits per heavy atom. The molecule has 1 heterocycles. The molecule has 2 rings (SSSR count). The normalized spacial score (nSPS) is 10.7. The molecule has 102 valence electrons. The Balaban J connectivity index is 2.23. The van der Waals surface area contributed by atoms with Gasteiger partial charge in [-0.05, 0) is 32.0 Å². The highest BCUT2D eigenvalue weighted by molar-refractivity contribution is 7.15. The maximum atomic E-state index is 5.40. The predicted molar refractivity (Wildman–Crippen MR) is 80.8 cm³/mol. The van der Waals surface area contributed by atoms with E-state index in [-0.39, 0.29) is 0 Å². The molecule has 1 aromatic heterocycles. The van der Waals surface area contributed by atoms with E-state index in [0.29, 0.717) is 0 Å². The molecule has 0 saturated heterocycles. The van der Waals surface area contributed by atoms with E-state index in [1.54, 1.807) is 18.4 Å². The molecule has 0 bridgehead atoms. The Bertz CT molecular complexity index is 537. The molecule has 4 heteroatoms. The summed E-state index contributed by atoms with van der Waals surface area (Å²) in [7, 11) is 1.70. The highest BCUT2D eigenvalue weighted by Crippen LogP contribution is 2.34. The van der Waals surface area contributed by atoms with Crippen LogP contribution < -0.4 is 10.1 Å². The van der Waals surface area contributed by atoms with Crippen LogP contribution in [0.15, 0.2) is 24.3 Å². The van der Waals surface area contributed by atoms with Crippen LogP contribution in [0.1, 0.15) is 23.9 Å². The van der Waals surface area contributed by atoms with Gasteiger partial charge >= 0.3 is 0 Å². The molecule has 0 saturated carbocycles. The summed E-state index contributed by atoms with van der Waals surface area (Å²) in [6.45, 7) is 6.18. The number of nitrogens with one attached hydrogen (secondary N) is 1. The summed E-state index contributed by atoms with van der Waals surface area (Å²) in [6.07, 6.45) is 1.15. The first-order chi connectivity index (χ1) is 9.26. The van der Waals surface area contributed by atoms with E-state index in [2.05, 4.69) is 30.2 Å². The number of para-hydroxylation sites is 1. The van der Waals surface area contributed by atoms with Crippen LogP contribution in [0.25, 0.3) is 10.6 Å². The number of benzene rings is 1. The number of hydrogen-bond acceptors (Lipinski definition) is 4. The van der Waals surface area contributed by atoms with Gasteiger partial charge < -0.3 is 10.1 Å². The minimum Gasteiger partial charge on any atom is -0.496 e. The number of hydrogen-bond donors (Lipinski definition) is 1. The molecular weight excluding hydrogens is 256 g/mol. The second-order valence-corrected chi connectivity index (χ2v) is 5.49. The Morgan fingerprint density at radius 3 is 2.84 bits per heavy atom. The third-order valence-electron chi connectivity index (χ3n) is 2.94. The number of thiazole rings is 1. The molecule has 2 aromatic rings. The van der Waals surface area contributed by atoms with Crippen molar-refractivity contribution in [3.63, 3.8) is 0 Å². The minimum absolute atomic E-state index is 0.879. The second kappa shape index (κ2) is 6.68. The molecule has 0 spiro atoms. The van der Waals surface area contributed by atoms with E-state index in [1.165, 1.54) is 4.88 Å². The molecule has 0 fully saturated rings. The number of nitrogens with zero attached hydrogens (tertiary/aromatic N) is 1. The smallest absolute Gasteiger partial charge is 0.129 e. The molecular formula is C15H20N2OS. The SMILES string of the molecule is CCCNCc1sc(-c2ccccc2OC)nc1C. The van der Waals surface area contributed by atoms with Gasteiger partial charge in [0.15, 0.2) is 0 Å². The lowest BCUT2D eigenvalue weighted by Crippen LogP contribution is -2.13. The van der Waals surface area contributed by atoms with Gasteiger partial charge in [-0.25, -0.2) is 4.98 Å². The number of ether oxygens (including phenoxy) is 1. The maximum absolute atomic E-state index is 5.40. The van der Waals surface area contributed by atoms with Crippen LogP contribution in [-0.4, -0.2) is 18.6 Å². The van der Waals surface area contributed by atoms with E-state index in [9.17, 15) is 0 Å². The lowest BCUT2D eigenvalue weighted by Gasteiger charge is -2.04. The monoisotopic (exact) mass is 276 g/mol. The van der Waals surface area contributed by atoms with Crippen molar-refractivity contribution in [2.24, 2.45) is 0 Å². The predicted octanol–water partition coefficient (Wildman–Crippen LogP) is 3.63. The highest BCUT2D eigenvalue weighted by atomic mass is 32.1. The molecule has 0 aliphatic carbocycles. The standard InChI is InChI=1S/C15H20N2OS/c1-4-9-16-10-14-11(2)17-15(19-14)12-7-5-6-8-13(12)18-3/h5-8,16H,4,9-10H2,1-3H3. The third kappa shape index (κ3) is 3.33. The molecule has 0 atom stereocenters. The summed E-state index contributed by atoms with van der Waals surface area (Å²) in [5, 5.41) is 4.46. The van der Waals surface area contributed by atoms with Crippen molar-refractivity contribution in [1.29, 1.82) is 0 Å². The van der Waals surface area contributed by atoms with Crippen molar-refractivity contribution in [3.05, 3.63) is 34.8 Å². The molecule has 0 aliphatic heterocycles. The summed E-state index contributed by atoms with van der Waals surface area (Å²) >= 11 is 1.74. The van der Waals surface area contributed by atoms with Crippen LogP contribution in [0, 0.1) is 6.92 Å². The Hall–Kier alpha value is -1.39. The van der Waals surface area contributed by atoms with Crippen molar-refractivity contribution >= 4 is 11.3 Å². The number of rotatable bonds is 6. The summed E-state index contributed by atoms with van der Waals surface area (Å²) in [5.41, 5.74) is 2.18. The summed E-state index contributed by atoms with van der Waals surface area (Å²) in [5.74, 6) is 0.879. The van der Waals surface area contributed by atoms with Crippen molar-refractivity contribution in [3.8, 4) is 16.3 Å². The zero-order valence-electron chi connectivity index (χ0n) is 11.7. The minimum atomic E-state index is 0.879. The van der Waals surface area contributed by atoms with Crippen LogP contribution in [0.2, 0.25) is 0 Å². The number of aromatic nitrogens is 1. The average molecular weight is 276 g/mol. The van der Waals surface area contributed by atoms with Gasteiger partial charge in [-0.15, -0.1) is 11.3 Å². The van der Waals surface area contributed by atoms with E-state index in [4.69, 9.17) is 4.74 Å². The van der Waals surface area contributed by atoms with Crippen LogP contribution in [0.3, 0.4) is 0 Å². The average Bonchev–Trinajstić information content (AvgIpc) is 2.80. The maximum Gasteiger partial charge on any atom is 0.129 e. The van der Waals surface area contributed by atoms with Gasteiger partial charge in [0.25, 0.3) is 0 Å². The number of aryl methyl sites for hydroxylation is 1. The lowest BCUT2D eigenvalue weighted by atomic mass is 10.2. The molecule has 1 aromatic carbocycles. The fourth-order valence-electron chi connectivity index (χ4n) is 1.91. The molecule has 0 amide bonds. The Labute approximate surface area is 118 Å². The van der Waals surface area contributed by atoms with E-state index in [0.717, 1.165) is 41.5 Å². The highest BCUT2D eigenvalue weighted by Gasteiger charge is 2.12. The van der Waals surface area contributed by atoms with Crippen molar-refractivity contribution in [2.75, 3.05) is 13.7 Å². The van der Waals surface area contributed by atoms with Crippen molar-refractivity contribution < 1.29 is 4.74 Å². The van der Waals surface area contributed by atoms with Gasteiger partial charge in [0, 0.05) is 11.4 Å². The summed E-state index contributed by atoms with van der Waals surface area (Å²) < 4.78 is 5.40. The van der Waals surface area contributed by atoms with Gasteiger partial charge in [-0.2, -0.15) is 0 Å². The number of methoxy groups -OCH3 is 1. The quantitative estimate of drug-likeness (QED) is 0.818. The summed E-state index contributed by atoms with van der Waals surface area (Å²) in [4.78, 5) is 5.97. The lowest BCUT2D eigenvalue weighted by molar-refractivity contribution is 0.416. The fourth-order valence-corrected chi connectivity index (χ4v) is 2.97. The largest absolute Gasteiger partial charge is 0.496 e. The molecule has 19 heavy (non-hydrogen) atoms. The molecule has 3 nitrogen and oxygen atoms in total. The van der Waals surface area contributed by atoms with Gasteiger partial charge in [0.2, 0.25) is 0 Å². The van der Waals surface area contributed by atoms with Crippen LogP contribution >= 0.6 is 11.3 Å². The van der Waals surface area contributed by atoms with Gasteiger partial charge in [0.05, 0.1) is 18.4 Å². The Kier molecular flexibility index (Phi) is 4.93. The third-order valence-corrected chi connectivity index (χ3v) is 4.13. The van der Waals surface area contributed by atoms with Crippen molar-refractivity contribution in [2.45, 2.75) is 26.8 Å². The zero-order chi connectivity index (χ0) is 13.7. The van der Waals surface area contributed by atoms with Gasteiger partial charge in [0.1, 0.15) is 10.8 Å². The first kappa shape index (κ1) is 14.0. The van der Waals surface area contributed by atoms with Crippen LogP contribution in [0.4, 0.5) is 0 Å². The first-order valence-corrected chi connectivity index (χ1v) is 7.38. The van der Waals surface area contributed by atoms with E-state index >= 15 is 0 Å². The molecule has 1 N–H and O–H groups in total. The van der Waals surface area contributed by atoms with Crippen molar-refractivity contribution in [1.82, 2.24) is 10.3 Å². The van der Waals surface area contributed by atoms with Crippen LogP contribution in [0.5, 0.6) is 5.75 Å². The van der Waals surface area contributed by atoms with Gasteiger partial charge in [-0.3, -0.25) is 0 Å².